The fourth-order valence-corrected chi connectivity index (χ4v) is 6.38. The van der Waals surface area contributed by atoms with Crippen molar-refractivity contribution in [3.63, 3.8) is 0 Å². The Hall–Kier alpha value is -0.660. The zero-order chi connectivity index (χ0) is 15.6. The van der Waals surface area contributed by atoms with E-state index in [1.165, 1.54) is 0 Å². The molecule has 1 saturated heterocycles. The lowest BCUT2D eigenvalue weighted by Gasteiger charge is -2.57. The van der Waals surface area contributed by atoms with Crippen molar-refractivity contribution in [2.45, 2.75) is 67.8 Å². The third kappa shape index (κ3) is 1.79. The van der Waals surface area contributed by atoms with Gasteiger partial charge in [0.2, 0.25) is 15.9 Å². The molecule has 1 heterocycles. The van der Waals surface area contributed by atoms with Gasteiger partial charge in [0, 0.05) is 18.6 Å². The second-order valence-corrected chi connectivity index (χ2v) is 9.37. The van der Waals surface area contributed by atoms with Gasteiger partial charge in [0.05, 0.1) is 5.60 Å². The van der Waals surface area contributed by atoms with Crippen LogP contribution in [0.3, 0.4) is 0 Å². The van der Waals surface area contributed by atoms with Crippen molar-refractivity contribution in [2.24, 2.45) is 17.0 Å². The van der Waals surface area contributed by atoms with Crippen molar-refractivity contribution in [3.05, 3.63) is 0 Å². The maximum Gasteiger partial charge on any atom is 0.243 e. The molecule has 3 aliphatic carbocycles. The maximum absolute atomic E-state index is 12.6. The minimum Gasteiger partial charge on any atom is -0.374 e. The lowest BCUT2D eigenvalue weighted by atomic mass is 9.53. The Kier molecular flexibility index (Phi) is 3.17. The summed E-state index contributed by atoms with van der Waals surface area (Å²) in [7, 11) is -3.85. The number of hydrogen-bond donors (Lipinski definition) is 2. The fourth-order valence-electron chi connectivity index (χ4n) is 5.20. The molecule has 0 aromatic heterocycles. The third-order valence-electron chi connectivity index (χ3n) is 6.70. The third-order valence-corrected chi connectivity index (χ3v) is 8.38. The van der Waals surface area contributed by atoms with Crippen molar-refractivity contribution in [1.82, 2.24) is 5.32 Å². The summed E-state index contributed by atoms with van der Waals surface area (Å²) in [4.78, 5) is 12.6. The average molecular weight is 328 g/mol. The number of sulfonamides is 1. The zero-order valence-electron chi connectivity index (χ0n) is 12.7. The molecular weight excluding hydrogens is 304 g/mol. The SMILES string of the molecule is NS(=O)(=O)C1(C(=O)NC2CCCC34OCCC3CC24)CCC1. The van der Waals surface area contributed by atoms with Crippen molar-refractivity contribution in [2.75, 3.05) is 6.61 Å². The number of ether oxygens (including phenoxy) is 1. The molecule has 4 fully saturated rings. The van der Waals surface area contributed by atoms with Gasteiger partial charge in [-0.25, -0.2) is 13.6 Å². The Balaban J connectivity index is 1.51. The first-order valence-corrected chi connectivity index (χ1v) is 9.91. The van der Waals surface area contributed by atoms with E-state index >= 15 is 0 Å². The number of carbonyl (C=O) groups excluding carboxylic acids is 1. The van der Waals surface area contributed by atoms with Gasteiger partial charge in [-0.3, -0.25) is 4.79 Å². The molecule has 1 spiro atoms. The van der Waals surface area contributed by atoms with Crippen LogP contribution in [-0.2, 0) is 19.6 Å². The molecular formula is C15H24N2O4S. The van der Waals surface area contributed by atoms with Crippen LogP contribution in [0, 0.1) is 11.8 Å². The van der Waals surface area contributed by atoms with E-state index in [1.807, 2.05) is 0 Å². The molecule has 3 N–H and O–H groups in total. The molecule has 4 rings (SSSR count). The van der Waals surface area contributed by atoms with E-state index in [9.17, 15) is 13.2 Å². The highest BCUT2D eigenvalue weighted by Crippen LogP contribution is 2.59. The van der Waals surface area contributed by atoms with E-state index < -0.39 is 14.8 Å². The van der Waals surface area contributed by atoms with Crippen LogP contribution in [0.2, 0.25) is 0 Å². The molecule has 7 heteroatoms. The average Bonchev–Trinajstić information content (AvgIpc) is 2.63. The molecule has 22 heavy (non-hydrogen) atoms. The van der Waals surface area contributed by atoms with Gasteiger partial charge in [-0.15, -0.1) is 0 Å². The zero-order valence-corrected chi connectivity index (χ0v) is 13.5. The number of carbonyl (C=O) groups is 1. The summed E-state index contributed by atoms with van der Waals surface area (Å²) < 4.78 is 28.4. The maximum atomic E-state index is 12.6. The van der Waals surface area contributed by atoms with Crippen molar-refractivity contribution in [1.29, 1.82) is 0 Å². The summed E-state index contributed by atoms with van der Waals surface area (Å²) in [6.07, 6.45) is 6.67. The molecule has 4 aliphatic rings. The monoisotopic (exact) mass is 328 g/mol. The van der Waals surface area contributed by atoms with Gasteiger partial charge in [-0.2, -0.15) is 0 Å². The van der Waals surface area contributed by atoms with Crippen molar-refractivity contribution in [3.8, 4) is 0 Å². The second kappa shape index (κ2) is 4.68. The lowest BCUT2D eigenvalue weighted by Crippen LogP contribution is -2.67. The Morgan fingerprint density at radius 3 is 2.55 bits per heavy atom. The van der Waals surface area contributed by atoms with Crippen LogP contribution < -0.4 is 10.5 Å². The van der Waals surface area contributed by atoms with E-state index in [1.54, 1.807) is 0 Å². The van der Waals surface area contributed by atoms with Gasteiger partial charge in [0.15, 0.2) is 4.75 Å². The molecule has 3 saturated carbocycles. The second-order valence-electron chi connectivity index (χ2n) is 7.50. The van der Waals surface area contributed by atoms with Crippen LogP contribution in [0.15, 0.2) is 0 Å². The van der Waals surface area contributed by atoms with Crippen molar-refractivity contribution < 1.29 is 17.9 Å². The number of hydrogen-bond acceptors (Lipinski definition) is 4. The van der Waals surface area contributed by atoms with E-state index in [-0.39, 0.29) is 17.6 Å². The molecule has 1 aliphatic heterocycles. The quantitative estimate of drug-likeness (QED) is 0.795. The van der Waals surface area contributed by atoms with E-state index in [0.717, 1.165) is 45.1 Å². The standard InChI is InChI=1S/C15H24N2O4S/c16-22(19,20)14(5-2-6-14)13(18)17-12-3-1-7-15-10(4-8-21-15)9-11(12)15/h10-12H,1-9H2,(H,17,18)(H2,16,19,20). The Morgan fingerprint density at radius 2 is 1.95 bits per heavy atom. The van der Waals surface area contributed by atoms with Gasteiger partial charge >= 0.3 is 0 Å². The largest absolute Gasteiger partial charge is 0.374 e. The molecule has 0 aromatic rings. The van der Waals surface area contributed by atoms with Gasteiger partial charge in [0.1, 0.15) is 0 Å². The molecule has 1 amide bonds. The summed E-state index contributed by atoms with van der Waals surface area (Å²) in [6, 6.07) is 0.0369. The van der Waals surface area contributed by atoms with E-state index in [0.29, 0.717) is 24.7 Å². The lowest BCUT2D eigenvalue weighted by molar-refractivity contribution is -0.170. The first-order valence-electron chi connectivity index (χ1n) is 8.36. The summed E-state index contributed by atoms with van der Waals surface area (Å²) in [5, 5.41) is 8.36. The molecule has 0 aromatic carbocycles. The highest BCUT2D eigenvalue weighted by molar-refractivity contribution is 7.91. The van der Waals surface area contributed by atoms with Crippen LogP contribution in [0.5, 0.6) is 0 Å². The highest BCUT2D eigenvalue weighted by Gasteiger charge is 2.63. The predicted octanol–water partition coefficient (Wildman–Crippen LogP) is 0.661. The number of primary sulfonamides is 1. The first kappa shape index (κ1) is 14.9. The van der Waals surface area contributed by atoms with Crippen LogP contribution in [-0.4, -0.2) is 37.3 Å². The molecule has 6 nitrogen and oxygen atoms in total. The van der Waals surface area contributed by atoms with Crippen LogP contribution in [0.4, 0.5) is 0 Å². The molecule has 0 radical (unpaired) electrons. The van der Waals surface area contributed by atoms with Gasteiger partial charge in [-0.1, -0.05) is 0 Å². The Labute approximate surface area is 131 Å². The van der Waals surface area contributed by atoms with Crippen molar-refractivity contribution >= 4 is 15.9 Å². The minimum atomic E-state index is -3.85. The number of rotatable bonds is 3. The van der Waals surface area contributed by atoms with Crippen LogP contribution in [0.1, 0.15) is 51.4 Å². The molecule has 4 atom stereocenters. The highest BCUT2D eigenvalue weighted by atomic mass is 32.2. The summed E-state index contributed by atoms with van der Waals surface area (Å²) in [5.41, 5.74) is -0.0371. The Bertz CT molecular complexity index is 601. The fraction of sp³-hybridized carbons (Fsp3) is 0.933. The van der Waals surface area contributed by atoms with Gasteiger partial charge in [0.25, 0.3) is 0 Å². The molecule has 0 bridgehead atoms. The number of nitrogens with one attached hydrogen (secondary N) is 1. The summed E-state index contributed by atoms with van der Waals surface area (Å²) in [5.74, 6) is 0.591. The normalized spacial score (nSPS) is 42.5. The molecule has 124 valence electrons. The smallest absolute Gasteiger partial charge is 0.243 e. The number of amides is 1. The van der Waals surface area contributed by atoms with Crippen LogP contribution in [0.25, 0.3) is 0 Å². The van der Waals surface area contributed by atoms with Crippen LogP contribution >= 0.6 is 0 Å². The topological polar surface area (TPSA) is 98.5 Å². The first-order chi connectivity index (χ1) is 10.4. The summed E-state index contributed by atoms with van der Waals surface area (Å²) in [6.45, 7) is 0.822. The Morgan fingerprint density at radius 1 is 1.18 bits per heavy atom. The van der Waals surface area contributed by atoms with E-state index in [2.05, 4.69) is 5.32 Å². The number of nitrogens with two attached hydrogens (primary N) is 1. The minimum absolute atomic E-state index is 0.0369. The molecule has 4 unspecified atom stereocenters. The summed E-state index contributed by atoms with van der Waals surface area (Å²) >= 11 is 0. The van der Waals surface area contributed by atoms with E-state index in [4.69, 9.17) is 9.88 Å². The van der Waals surface area contributed by atoms with Gasteiger partial charge < -0.3 is 10.1 Å². The predicted molar refractivity (Wildman–Crippen MR) is 80.4 cm³/mol. The van der Waals surface area contributed by atoms with Gasteiger partial charge in [-0.05, 0) is 57.3 Å².